The van der Waals surface area contributed by atoms with E-state index in [4.69, 9.17) is 4.74 Å². The van der Waals surface area contributed by atoms with E-state index in [9.17, 15) is 4.79 Å². The van der Waals surface area contributed by atoms with Gasteiger partial charge in [-0.2, -0.15) is 0 Å². The van der Waals surface area contributed by atoms with Gasteiger partial charge in [0.1, 0.15) is 5.60 Å². The van der Waals surface area contributed by atoms with Gasteiger partial charge in [0.15, 0.2) is 0 Å². The standard InChI is InChI=1S/C18H27BrN2O2/c1-18(2,3)23-17(22)21(12-14-7-5-4-6-8-14)13-15-9-16(19)11-20-10-15/h9-11,14H,4-8,12-13H2,1-3H3. The second kappa shape index (κ2) is 8.13. The quantitative estimate of drug-likeness (QED) is 0.721. The molecule has 0 radical (unpaired) electrons. The van der Waals surface area contributed by atoms with Gasteiger partial charge in [-0.3, -0.25) is 4.98 Å². The lowest BCUT2D eigenvalue weighted by Gasteiger charge is -2.31. The monoisotopic (exact) mass is 382 g/mol. The van der Waals surface area contributed by atoms with Gasteiger partial charge in [0, 0.05) is 23.4 Å². The van der Waals surface area contributed by atoms with Crippen molar-refractivity contribution in [1.82, 2.24) is 9.88 Å². The minimum atomic E-state index is -0.475. The van der Waals surface area contributed by atoms with Crippen molar-refractivity contribution in [2.24, 2.45) is 5.92 Å². The van der Waals surface area contributed by atoms with Crippen molar-refractivity contribution >= 4 is 22.0 Å². The van der Waals surface area contributed by atoms with Crippen LogP contribution in [0.2, 0.25) is 0 Å². The maximum absolute atomic E-state index is 12.6. The lowest BCUT2D eigenvalue weighted by Crippen LogP contribution is -2.39. The number of rotatable bonds is 4. The maximum Gasteiger partial charge on any atom is 0.410 e. The number of pyridine rings is 1. The van der Waals surface area contributed by atoms with Gasteiger partial charge in [-0.1, -0.05) is 19.3 Å². The largest absolute Gasteiger partial charge is 0.444 e. The number of carbonyl (C=O) groups excluding carboxylic acids is 1. The molecule has 0 bridgehead atoms. The van der Waals surface area contributed by atoms with Crippen LogP contribution in [0.4, 0.5) is 4.79 Å². The van der Waals surface area contributed by atoms with E-state index in [1.807, 2.05) is 37.9 Å². The summed E-state index contributed by atoms with van der Waals surface area (Å²) in [7, 11) is 0. The number of hydrogen-bond donors (Lipinski definition) is 0. The molecule has 0 saturated heterocycles. The number of hydrogen-bond acceptors (Lipinski definition) is 3. The highest BCUT2D eigenvalue weighted by molar-refractivity contribution is 9.10. The van der Waals surface area contributed by atoms with Gasteiger partial charge in [0.05, 0.1) is 6.54 Å². The van der Waals surface area contributed by atoms with Crippen LogP contribution < -0.4 is 0 Å². The summed E-state index contributed by atoms with van der Waals surface area (Å²) < 4.78 is 6.53. The first kappa shape index (κ1) is 18.2. The SMILES string of the molecule is CC(C)(C)OC(=O)N(Cc1cncc(Br)c1)CC1CCCCC1. The fourth-order valence-corrected chi connectivity index (χ4v) is 3.39. The average molecular weight is 383 g/mol. The minimum absolute atomic E-state index is 0.233. The van der Waals surface area contributed by atoms with Crippen LogP contribution in [0, 0.1) is 5.92 Å². The number of aromatic nitrogens is 1. The maximum atomic E-state index is 12.6. The summed E-state index contributed by atoms with van der Waals surface area (Å²) in [5.41, 5.74) is 0.540. The summed E-state index contributed by atoms with van der Waals surface area (Å²) in [5, 5.41) is 0. The van der Waals surface area contributed by atoms with E-state index in [1.54, 1.807) is 6.20 Å². The van der Waals surface area contributed by atoms with Crippen molar-refractivity contribution in [3.05, 3.63) is 28.5 Å². The Hall–Kier alpha value is -1.10. The molecule has 4 nitrogen and oxygen atoms in total. The first-order valence-electron chi connectivity index (χ1n) is 8.41. The van der Waals surface area contributed by atoms with Crippen LogP contribution in [0.25, 0.3) is 0 Å². The van der Waals surface area contributed by atoms with Gasteiger partial charge in [0.25, 0.3) is 0 Å². The van der Waals surface area contributed by atoms with Gasteiger partial charge in [0.2, 0.25) is 0 Å². The summed E-state index contributed by atoms with van der Waals surface area (Å²) in [6.07, 6.45) is 9.59. The first-order valence-corrected chi connectivity index (χ1v) is 9.20. The van der Waals surface area contributed by atoms with E-state index < -0.39 is 5.60 Å². The zero-order valence-electron chi connectivity index (χ0n) is 14.3. The van der Waals surface area contributed by atoms with Gasteiger partial charge >= 0.3 is 6.09 Å². The predicted molar refractivity (Wildman–Crippen MR) is 95.2 cm³/mol. The third-order valence-corrected chi connectivity index (χ3v) is 4.42. The number of ether oxygens (including phenoxy) is 1. The van der Waals surface area contributed by atoms with E-state index in [0.29, 0.717) is 12.5 Å². The highest BCUT2D eigenvalue weighted by Gasteiger charge is 2.25. The van der Waals surface area contributed by atoms with E-state index in [2.05, 4.69) is 20.9 Å². The Morgan fingerprint density at radius 3 is 2.61 bits per heavy atom. The van der Waals surface area contributed by atoms with E-state index >= 15 is 0 Å². The minimum Gasteiger partial charge on any atom is -0.444 e. The van der Waals surface area contributed by atoms with Crippen LogP contribution in [0.1, 0.15) is 58.4 Å². The Labute approximate surface area is 147 Å². The van der Waals surface area contributed by atoms with Crippen molar-refractivity contribution in [2.45, 2.75) is 65.0 Å². The number of carbonyl (C=O) groups is 1. The Balaban J connectivity index is 2.07. The second-order valence-electron chi connectivity index (χ2n) is 7.38. The fraction of sp³-hybridized carbons (Fsp3) is 0.667. The Bertz CT molecular complexity index is 522. The normalized spacial score (nSPS) is 16.2. The molecule has 0 atom stereocenters. The van der Waals surface area contributed by atoms with Gasteiger partial charge in [-0.15, -0.1) is 0 Å². The molecule has 1 aliphatic rings. The third kappa shape index (κ3) is 6.50. The van der Waals surface area contributed by atoms with E-state index in [0.717, 1.165) is 16.6 Å². The molecule has 1 aliphatic carbocycles. The predicted octanol–water partition coefficient (Wildman–Crippen LogP) is 5.16. The van der Waals surface area contributed by atoms with E-state index in [-0.39, 0.29) is 6.09 Å². The van der Waals surface area contributed by atoms with Gasteiger partial charge < -0.3 is 9.64 Å². The molecule has 2 rings (SSSR count). The molecule has 1 amide bonds. The molecular weight excluding hydrogens is 356 g/mol. The molecule has 0 aromatic carbocycles. The molecule has 0 spiro atoms. The highest BCUT2D eigenvalue weighted by Crippen LogP contribution is 2.26. The molecule has 1 heterocycles. The van der Waals surface area contributed by atoms with Crippen molar-refractivity contribution < 1.29 is 9.53 Å². The third-order valence-electron chi connectivity index (χ3n) is 3.99. The summed E-state index contributed by atoms with van der Waals surface area (Å²) in [5.74, 6) is 0.580. The molecule has 1 saturated carbocycles. The van der Waals surface area contributed by atoms with Crippen LogP contribution in [0.5, 0.6) is 0 Å². The zero-order valence-corrected chi connectivity index (χ0v) is 15.9. The lowest BCUT2D eigenvalue weighted by molar-refractivity contribution is 0.0189. The summed E-state index contributed by atoms with van der Waals surface area (Å²) in [6.45, 7) is 7.03. The van der Waals surface area contributed by atoms with Crippen molar-refractivity contribution in [3.8, 4) is 0 Å². The molecule has 23 heavy (non-hydrogen) atoms. The topological polar surface area (TPSA) is 42.4 Å². The molecule has 5 heteroatoms. The van der Waals surface area contributed by atoms with Crippen LogP contribution in [0.15, 0.2) is 22.9 Å². The number of nitrogens with zero attached hydrogens (tertiary/aromatic N) is 2. The van der Waals surface area contributed by atoms with Crippen LogP contribution in [-0.4, -0.2) is 28.1 Å². The van der Waals surface area contributed by atoms with Crippen LogP contribution in [0.3, 0.4) is 0 Å². The number of halogens is 1. The van der Waals surface area contributed by atoms with Crippen molar-refractivity contribution in [1.29, 1.82) is 0 Å². The Morgan fingerprint density at radius 1 is 1.30 bits per heavy atom. The van der Waals surface area contributed by atoms with Crippen LogP contribution in [-0.2, 0) is 11.3 Å². The van der Waals surface area contributed by atoms with E-state index in [1.165, 1.54) is 32.1 Å². The molecular formula is C18H27BrN2O2. The molecule has 0 unspecified atom stereocenters. The molecule has 1 aromatic heterocycles. The second-order valence-corrected chi connectivity index (χ2v) is 8.29. The Kier molecular flexibility index (Phi) is 6.45. The van der Waals surface area contributed by atoms with Gasteiger partial charge in [-0.25, -0.2) is 4.79 Å². The molecule has 1 fully saturated rings. The summed E-state index contributed by atoms with van der Waals surface area (Å²) in [4.78, 5) is 18.6. The smallest absolute Gasteiger partial charge is 0.410 e. The fourth-order valence-electron chi connectivity index (χ4n) is 2.97. The Morgan fingerprint density at radius 2 is 2.00 bits per heavy atom. The highest BCUT2D eigenvalue weighted by atomic mass is 79.9. The number of amides is 1. The van der Waals surface area contributed by atoms with Crippen molar-refractivity contribution in [2.75, 3.05) is 6.54 Å². The zero-order chi connectivity index (χ0) is 16.9. The van der Waals surface area contributed by atoms with Crippen LogP contribution >= 0.6 is 15.9 Å². The molecule has 128 valence electrons. The average Bonchev–Trinajstić information content (AvgIpc) is 2.46. The molecule has 0 aliphatic heterocycles. The van der Waals surface area contributed by atoms with Gasteiger partial charge in [-0.05, 0) is 67.1 Å². The lowest BCUT2D eigenvalue weighted by atomic mass is 9.89. The molecule has 1 aromatic rings. The molecule has 0 N–H and O–H groups in total. The van der Waals surface area contributed by atoms with Crippen molar-refractivity contribution in [3.63, 3.8) is 0 Å². The summed E-state index contributed by atoms with van der Waals surface area (Å²) >= 11 is 3.44. The summed E-state index contributed by atoms with van der Waals surface area (Å²) in [6, 6.07) is 2.01. The first-order chi connectivity index (χ1) is 10.8.